The van der Waals surface area contributed by atoms with Crippen LogP contribution in [-0.2, 0) is 0 Å². The van der Waals surface area contributed by atoms with E-state index < -0.39 is 0 Å². The molecule has 1 fully saturated rings. The van der Waals surface area contributed by atoms with Crippen molar-refractivity contribution in [2.45, 2.75) is 19.8 Å². The van der Waals surface area contributed by atoms with Gasteiger partial charge < -0.3 is 10.6 Å². The Bertz CT molecular complexity index is 433. The van der Waals surface area contributed by atoms with Crippen molar-refractivity contribution in [3.05, 3.63) is 28.8 Å². The van der Waals surface area contributed by atoms with Gasteiger partial charge in [0.25, 0.3) is 5.91 Å². The average Bonchev–Trinajstić information content (AvgIpc) is 2.31. The van der Waals surface area contributed by atoms with Crippen LogP contribution in [0.4, 0.5) is 5.69 Å². The molecule has 1 amide bonds. The van der Waals surface area contributed by atoms with E-state index in [9.17, 15) is 4.79 Å². The SMILES string of the molecule is C[C@@H]1CCCN(C(=O)c2cc(N)ccc2Cl)C1. The summed E-state index contributed by atoms with van der Waals surface area (Å²) in [6, 6.07) is 5.04. The van der Waals surface area contributed by atoms with Crippen molar-refractivity contribution in [2.24, 2.45) is 5.92 Å². The molecule has 2 rings (SSSR count). The number of rotatable bonds is 1. The first-order chi connectivity index (χ1) is 8.08. The van der Waals surface area contributed by atoms with Gasteiger partial charge in [-0.25, -0.2) is 0 Å². The van der Waals surface area contributed by atoms with Gasteiger partial charge in [0, 0.05) is 18.8 Å². The normalized spacial score (nSPS) is 20.4. The van der Waals surface area contributed by atoms with E-state index in [2.05, 4.69) is 6.92 Å². The lowest BCUT2D eigenvalue weighted by Crippen LogP contribution is -2.39. The molecule has 1 aliphatic rings. The van der Waals surface area contributed by atoms with Crippen molar-refractivity contribution >= 4 is 23.2 Å². The second kappa shape index (κ2) is 4.96. The van der Waals surface area contributed by atoms with E-state index in [-0.39, 0.29) is 5.91 Å². The maximum atomic E-state index is 12.3. The second-order valence-corrected chi connectivity index (χ2v) is 5.15. The molecule has 0 unspecified atom stereocenters. The quantitative estimate of drug-likeness (QED) is 0.782. The van der Waals surface area contributed by atoms with Crippen molar-refractivity contribution in [2.75, 3.05) is 18.8 Å². The number of halogens is 1. The third-order valence-electron chi connectivity index (χ3n) is 3.17. The van der Waals surface area contributed by atoms with E-state index in [0.29, 0.717) is 22.2 Å². The lowest BCUT2D eigenvalue weighted by atomic mass is 9.99. The minimum atomic E-state index is -0.00569. The number of anilines is 1. The largest absolute Gasteiger partial charge is 0.399 e. The molecule has 4 heteroatoms. The Balaban J connectivity index is 2.21. The van der Waals surface area contributed by atoms with Crippen molar-refractivity contribution in [1.82, 2.24) is 4.90 Å². The summed E-state index contributed by atoms with van der Waals surface area (Å²) < 4.78 is 0. The highest BCUT2D eigenvalue weighted by Crippen LogP contribution is 2.23. The van der Waals surface area contributed by atoms with Crippen molar-refractivity contribution in [3.8, 4) is 0 Å². The zero-order valence-corrected chi connectivity index (χ0v) is 10.7. The van der Waals surface area contributed by atoms with Gasteiger partial charge in [0.2, 0.25) is 0 Å². The lowest BCUT2D eigenvalue weighted by Gasteiger charge is -2.31. The van der Waals surface area contributed by atoms with Gasteiger partial charge in [-0.2, -0.15) is 0 Å². The highest BCUT2D eigenvalue weighted by atomic mass is 35.5. The van der Waals surface area contributed by atoms with Crippen LogP contribution in [0.5, 0.6) is 0 Å². The Kier molecular flexibility index (Phi) is 3.57. The predicted molar refractivity (Wildman–Crippen MR) is 70.2 cm³/mol. The van der Waals surface area contributed by atoms with Gasteiger partial charge in [-0.15, -0.1) is 0 Å². The molecule has 0 saturated carbocycles. The van der Waals surface area contributed by atoms with E-state index in [4.69, 9.17) is 17.3 Å². The average molecular weight is 253 g/mol. The third kappa shape index (κ3) is 2.72. The minimum Gasteiger partial charge on any atom is -0.399 e. The van der Waals surface area contributed by atoms with Crippen LogP contribution >= 0.6 is 11.6 Å². The number of nitrogens with zero attached hydrogens (tertiary/aromatic N) is 1. The van der Waals surface area contributed by atoms with Crippen LogP contribution in [0.25, 0.3) is 0 Å². The topological polar surface area (TPSA) is 46.3 Å². The Morgan fingerprint density at radius 3 is 3.00 bits per heavy atom. The van der Waals surface area contributed by atoms with Gasteiger partial charge in [0.05, 0.1) is 10.6 Å². The molecular formula is C13H17ClN2O. The number of amides is 1. The third-order valence-corrected chi connectivity index (χ3v) is 3.49. The molecule has 17 heavy (non-hydrogen) atoms. The molecule has 1 aromatic rings. The van der Waals surface area contributed by atoms with E-state index in [1.807, 2.05) is 4.90 Å². The molecule has 0 radical (unpaired) electrons. The highest BCUT2D eigenvalue weighted by molar-refractivity contribution is 6.34. The predicted octanol–water partition coefficient (Wildman–Crippen LogP) is 2.79. The van der Waals surface area contributed by atoms with Gasteiger partial charge in [0.15, 0.2) is 0 Å². The first-order valence-electron chi connectivity index (χ1n) is 5.92. The second-order valence-electron chi connectivity index (χ2n) is 4.74. The Hall–Kier alpha value is -1.22. The van der Waals surface area contributed by atoms with Crippen LogP contribution in [0.2, 0.25) is 5.02 Å². The molecule has 1 saturated heterocycles. The summed E-state index contributed by atoms with van der Waals surface area (Å²) in [6.45, 7) is 3.79. The van der Waals surface area contributed by atoms with Crippen molar-refractivity contribution < 1.29 is 4.79 Å². The Labute approximate surface area is 107 Å². The highest BCUT2D eigenvalue weighted by Gasteiger charge is 2.23. The summed E-state index contributed by atoms with van der Waals surface area (Å²) in [6.07, 6.45) is 2.25. The van der Waals surface area contributed by atoms with Crippen LogP contribution in [0, 0.1) is 5.92 Å². The van der Waals surface area contributed by atoms with Crippen LogP contribution in [0.1, 0.15) is 30.1 Å². The van der Waals surface area contributed by atoms with Gasteiger partial charge in [-0.1, -0.05) is 18.5 Å². The van der Waals surface area contributed by atoms with Crippen LogP contribution in [0.15, 0.2) is 18.2 Å². The lowest BCUT2D eigenvalue weighted by molar-refractivity contribution is 0.0683. The van der Waals surface area contributed by atoms with E-state index >= 15 is 0 Å². The number of likely N-dealkylation sites (tertiary alicyclic amines) is 1. The standard InChI is InChI=1S/C13H17ClN2O/c1-9-3-2-6-16(8-9)13(17)11-7-10(15)4-5-12(11)14/h4-5,7,9H,2-3,6,8,15H2,1H3/t9-/m1/s1. The fourth-order valence-electron chi connectivity index (χ4n) is 2.25. The van der Waals surface area contributed by atoms with Crippen LogP contribution in [-0.4, -0.2) is 23.9 Å². The molecule has 1 aliphatic heterocycles. The first-order valence-corrected chi connectivity index (χ1v) is 6.30. The number of hydrogen-bond acceptors (Lipinski definition) is 2. The van der Waals surface area contributed by atoms with E-state index in [0.717, 1.165) is 19.5 Å². The maximum Gasteiger partial charge on any atom is 0.255 e. The molecule has 0 aliphatic carbocycles. The molecule has 1 atom stereocenters. The molecular weight excluding hydrogens is 236 g/mol. The fraction of sp³-hybridized carbons (Fsp3) is 0.462. The summed E-state index contributed by atoms with van der Waals surface area (Å²) in [5, 5.41) is 0.474. The summed E-state index contributed by atoms with van der Waals surface area (Å²) >= 11 is 6.04. The molecule has 2 N–H and O–H groups in total. The molecule has 0 bridgehead atoms. The molecule has 0 aromatic heterocycles. The number of nitrogens with two attached hydrogens (primary N) is 1. The Morgan fingerprint density at radius 2 is 2.29 bits per heavy atom. The summed E-state index contributed by atoms with van der Waals surface area (Å²) in [7, 11) is 0. The molecule has 3 nitrogen and oxygen atoms in total. The van der Waals surface area contributed by atoms with Gasteiger partial charge in [-0.05, 0) is 37.0 Å². The number of carbonyl (C=O) groups excluding carboxylic acids is 1. The number of benzene rings is 1. The van der Waals surface area contributed by atoms with E-state index in [1.165, 1.54) is 6.42 Å². The summed E-state index contributed by atoms with van der Waals surface area (Å²) in [5.41, 5.74) is 6.78. The van der Waals surface area contributed by atoms with Gasteiger partial charge in [0.1, 0.15) is 0 Å². The number of carbonyl (C=O) groups is 1. The Morgan fingerprint density at radius 1 is 1.53 bits per heavy atom. The molecule has 1 aromatic carbocycles. The van der Waals surface area contributed by atoms with Crippen molar-refractivity contribution in [3.63, 3.8) is 0 Å². The first kappa shape index (κ1) is 12.2. The summed E-state index contributed by atoms with van der Waals surface area (Å²) in [5.74, 6) is 0.557. The van der Waals surface area contributed by atoms with Crippen LogP contribution < -0.4 is 5.73 Å². The minimum absolute atomic E-state index is 0.00569. The zero-order valence-electron chi connectivity index (χ0n) is 9.95. The van der Waals surface area contributed by atoms with Crippen LogP contribution in [0.3, 0.4) is 0 Å². The smallest absolute Gasteiger partial charge is 0.255 e. The zero-order chi connectivity index (χ0) is 12.4. The number of piperidine rings is 1. The van der Waals surface area contributed by atoms with Crippen molar-refractivity contribution in [1.29, 1.82) is 0 Å². The maximum absolute atomic E-state index is 12.3. The molecule has 1 heterocycles. The molecule has 0 spiro atoms. The molecule has 92 valence electrons. The van der Waals surface area contributed by atoms with Gasteiger partial charge in [-0.3, -0.25) is 4.79 Å². The van der Waals surface area contributed by atoms with E-state index in [1.54, 1.807) is 18.2 Å². The number of hydrogen-bond donors (Lipinski definition) is 1. The summed E-state index contributed by atoms with van der Waals surface area (Å²) in [4.78, 5) is 14.2. The van der Waals surface area contributed by atoms with Gasteiger partial charge >= 0.3 is 0 Å². The monoisotopic (exact) mass is 252 g/mol. The fourth-order valence-corrected chi connectivity index (χ4v) is 2.45. The number of nitrogen functional groups attached to an aromatic ring is 1.